The molecule has 0 aliphatic rings. The summed E-state index contributed by atoms with van der Waals surface area (Å²) in [6.07, 6.45) is 0.599. The van der Waals surface area contributed by atoms with Crippen molar-refractivity contribution < 1.29 is 43.2 Å². The lowest BCUT2D eigenvalue weighted by Gasteiger charge is -2.08. The number of halogens is 6. The summed E-state index contributed by atoms with van der Waals surface area (Å²) in [6, 6.07) is -0.379. The molecular formula is C15H6F6N2O5S2. The lowest BCUT2D eigenvalue weighted by molar-refractivity contribution is 0.481. The van der Waals surface area contributed by atoms with E-state index >= 15 is 0 Å². The molecule has 0 fully saturated rings. The van der Waals surface area contributed by atoms with Crippen LogP contribution < -0.4 is 5.69 Å². The molecule has 0 spiro atoms. The van der Waals surface area contributed by atoms with E-state index < -0.39 is 70.4 Å². The zero-order valence-electron chi connectivity index (χ0n) is 14.0. The second-order valence-electron chi connectivity index (χ2n) is 5.58. The Hall–Kier alpha value is -3.07. The maximum atomic E-state index is 13.8. The van der Waals surface area contributed by atoms with Gasteiger partial charge in [-0.15, -0.1) is 0 Å². The predicted octanol–water partition coefficient (Wildman–Crippen LogP) is 1.96. The molecule has 0 bridgehead atoms. The van der Waals surface area contributed by atoms with E-state index in [9.17, 15) is 48.0 Å². The fraction of sp³-hybridized carbons (Fsp3) is 0. The first kappa shape index (κ1) is 21.6. The highest BCUT2D eigenvalue weighted by Crippen LogP contribution is 2.22. The summed E-state index contributed by atoms with van der Waals surface area (Å²) in [5.74, 6) is -10.6. The summed E-state index contributed by atoms with van der Waals surface area (Å²) in [4.78, 5) is 9.32. The number of nitrogens with zero attached hydrogens (tertiary/aromatic N) is 2. The molecule has 0 radical (unpaired) electrons. The van der Waals surface area contributed by atoms with E-state index in [4.69, 9.17) is 0 Å². The fourth-order valence-electron chi connectivity index (χ4n) is 2.33. The van der Waals surface area contributed by atoms with Crippen LogP contribution >= 0.6 is 0 Å². The highest BCUT2D eigenvalue weighted by atomic mass is 32.2. The van der Waals surface area contributed by atoms with Crippen molar-refractivity contribution in [3.8, 4) is 0 Å². The number of hydrogen-bond acceptors (Lipinski definition) is 5. The normalized spacial score (nSPS) is 12.3. The third-order valence-electron chi connectivity index (χ3n) is 3.74. The molecule has 3 rings (SSSR count). The Morgan fingerprint density at radius 3 is 1.17 bits per heavy atom. The van der Waals surface area contributed by atoms with E-state index in [0.717, 1.165) is 0 Å². The lowest BCUT2D eigenvalue weighted by Crippen LogP contribution is -2.33. The predicted molar refractivity (Wildman–Crippen MR) is 86.5 cm³/mol. The summed E-state index contributed by atoms with van der Waals surface area (Å²) in [5.41, 5.74) is -1.93. The van der Waals surface area contributed by atoms with E-state index in [-0.39, 0.29) is 32.2 Å². The molecule has 1 heterocycles. The Balaban J connectivity index is 2.21. The Kier molecular flexibility index (Phi) is 5.06. The zero-order valence-corrected chi connectivity index (χ0v) is 15.6. The van der Waals surface area contributed by atoms with Gasteiger partial charge in [0.1, 0.15) is 21.4 Å². The molecule has 0 saturated heterocycles. The van der Waals surface area contributed by atoms with Gasteiger partial charge in [-0.25, -0.2) is 48.0 Å². The van der Waals surface area contributed by atoms with Crippen molar-refractivity contribution in [1.29, 1.82) is 0 Å². The Morgan fingerprint density at radius 2 is 0.833 bits per heavy atom. The van der Waals surface area contributed by atoms with Crippen molar-refractivity contribution in [3.63, 3.8) is 0 Å². The van der Waals surface area contributed by atoms with Gasteiger partial charge in [-0.05, 0) is 0 Å². The maximum Gasteiger partial charge on any atom is 0.356 e. The van der Waals surface area contributed by atoms with Crippen molar-refractivity contribution in [2.75, 3.05) is 0 Å². The third kappa shape index (κ3) is 3.28. The zero-order chi connectivity index (χ0) is 22.6. The van der Waals surface area contributed by atoms with Gasteiger partial charge in [-0.3, -0.25) is 0 Å². The first-order valence-electron chi connectivity index (χ1n) is 7.38. The van der Waals surface area contributed by atoms with Crippen LogP contribution in [0.5, 0.6) is 0 Å². The number of benzene rings is 2. The summed E-state index contributed by atoms with van der Waals surface area (Å²) in [5, 5.41) is 0. The van der Waals surface area contributed by atoms with E-state index in [1.54, 1.807) is 0 Å². The van der Waals surface area contributed by atoms with Gasteiger partial charge < -0.3 is 0 Å². The number of imidazole rings is 1. The smallest absolute Gasteiger partial charge is 0.245 e. The molecule has 0 amide bonds. The molecule has 0 aliphatic heterocycles. The molecule has 160 valence electrons. The van der Waals surface area contributed by atoms with Crippen LogP contribution in [0.4, 0.5) is 26.3 Å². The summed E-state index contributed by atoms with van der Waals surface area (Å²) in [7, 11) is -10.6. The average molecular weight is 472 g/mol. The van der Waals surface area contributed by atoms with Crippen molar-refractivity contribution >= 4 is 20.0 Å². The molecule has 0 N–H and O–H groups in total. The lowest BCUT2D eigenvalue weighted by atomic mass is 10.3. The SMILES string of the molecule is O=c1n(S(=O)(=O)c2cc(F)c(F)cc2F)ccn1S(=O)(=O)c1cc(F)c(F)cc1F. The van der Waals surface area contributed by atoms with Gasteiger partial charge in [0.05, 0.1) is 0 Å². The molecule has 0 saturated carbocycles. The monoisotopic (exact) mass is 472 g/mol. The van der Waals surface area contributed by atoms with Crippen LogP contribution in [0.25, 0.3) is 0 Å². The molecule has 0 aliphatic carbocycles. The Morgan fingerprint density at radius 1 is 0.533 bits per heavy atom. The van der Waals surface area contributed by atoms with Crippen LogP contribution in [0, 0.1) is 34.9 Å². The summed E-state index contributed by atoms with van der Waals surface area (Å²) in [6.45, 7) is 0. The minimum absolute atomic E-state index is 0.0761. The Bertz CT molecular complexity index is 1350. The standard InChI is InChI=1S/C15H6F6N2O5S2/c16-7-3-11(20)13(5-9(7)18)29(25,26)22-1-2-23(15(22)24)30(27,28)14-6-10(19)8(17)4-12(14)21/h1-6H. The molecule has 0 unspecified atom stereocenters. The van der Waals surface area contributed by atoms with Gasteiger partial charge in [-0.1, -0.05) is 0 Å². The van der Waals surface area contributed by atoms with Crippen LogP contribution in [-0.4, -0.2) is 24.8 Å². The minimum Gasteiger partial charge on any atom is -0.245 e. The quantitative estimate of drug-likeness (QED) is 0.428. The number of aromatic nitrogens is 2. The first-order chi connectivity index (χ1) is 13.8. The maximum absolute atomic E-state index is 13.8. The molecular weight excluding hydrogens is 466 g/mol. The van der Waals surface area contributed by atoms with Crippen molar-refractivity contribution in [3.05, 3.63) is 82.0 Å². The first-order valence-corrected chi connectivity index (χ1v) is 10.3. The van der Waals surface area contributed by atoms with E-state index in [2.05, 4.69) is 0 Å². The molecule has 2 aromatic carbocycles. The molecule has 1 aromatic heterocycles. The second-order valence-corrected chi connectivity index (χ2v) is 9.14. The van der Waals surface area contributed by atoms with Crippen molar-refractivity contribution in [1.82, 2.24) is 7.94 Å². The van der Waals surface area contributed by atoms with Crippen LogP contribution in [0.15, 0.2) is 51.2 Å². The van der Waals surface area contributed by atoms with Crippen LogP contribution in [0.3, 0.4) is 0 Å². The molecule has 15 heteroatoms. The highest BCUT2D eigenvalue weighted by Gasteiger charge is 2.31. The summed E-state index contributed by atoms with van der Waals surface area (Å²) >= 11 is 0. The molecule has 7 nitrogen and oxygen atoms in total. The van der Waals surface area contributed by atoms with Crippen molar-refractivity contribution in [2.45, 2.75) is 9.79 Å². The molecule has 30 heavy (non-hydrogen) atoms. The van der Waals surface area contributed by atoms with Crippen LogP contribution in [0.1, 0.15) is 0 Å². The largest absolute Gasteiger partial charge is 0.356 e. The van der Waals surface area contributed by atoms with E-state index in [1.807, 2.05) is 0 Å². The molecule has 0 atom stereocenters. The highest BCUT2D eigenvalue weighted by molar-refractivity contribution is 7.90. The van der Waals surface area contributed by atoms with Gasteiger partial charge in [-0.2, -0.15) is 7.94 Å². The topological polar surface area (TPSA) is 95.2 Å². The number of hydrogen-bond donors (Lipinski definition) is 0. The fourth-order valence-corrected chi connectivity index (χ4v) is 4.94. The Labute approximate surface area is 163 Å². The van der Waals surface area contributed by atoms with Gasteiger partial charge >= 0.3 is 5.69 Å². The number of rotatable bonds is 4. The average Bonchev–Trinajstić information content (AvgIpc) is 3.04. The minimum atomic E-state index is -5.28. The van der Waals surface area contributed by atoms with E-state index in [1.165, 1.54) is 0 Å². The second kappa shape index (κ2) is 7.02. The van der Waals surface area contributed by atoms with Crippen LogP contribution in [0.2, 0.25) is 0 Å². The van der Waals surface area contributed by atoms with Crippen LogP contribution in [-0.2, 0) is 20.0 Å². The van der Waals surface area contributed by atoms with E-state index in [0.29, 0.717) is 12.4 Å². The van der Waals surface area contributed by atoms with Crippen molar-refractivity contribution in [2.24, 2.45) is 0 Å². The van der Waals surface area contributed by atoms with Gasteiger partial charge in [0.25, 0.3) is 20.0 Å². The third-order valence-corrected chi connectivity index (χ3v) is 7.07. The van der Waals surface area contributed by atoms with Gasteiger partial charge in [0.2, 0.25) is 0 Å². The van der Waals surface area contributed by atoms with Gasteiger partial charge in [0.15, 0.2) is 23.3 Å². The summed E-state index contributed by atoms with van der Waals surface area (Å²) < 4.78 is 129. The molecule has 3 aromatic rings. The van der Waals surface area contributed by atoms with Gasteiger partial charge in [0, 0.05) is 36.7 Å².